The van der Waals surface area contributed by atoms with Crippen LogP contribution in [-0.4, -0.2) is 44.6 Å². The summed E-state index contributed by atoms with van der Waals surface area (Å²) in [4.78, 5) is 14.9. The lowest BCUT2D eigenvalue weighted by Gasteiger charge is -2.44. The van der Waals surface area contributed by atoms with E-state index in [9.17, 15) is 26.4 Å². The molecule has 3 N–H and O–H groups in total. The summed E-state index contributed by atoms with van der Waals surface area (Å²) in [6.45, 7) is 6.53. The number of hydrogen-bond acceptors (Lipinski definition) is 5. The van der Waals surface area contributed by atoms with Gasteiger partial charge in [-0.25, -0.2) is 8.42 Å². The van der Waals surface area contributed by atoms with Crippen LogP contribution in [0.4, 0.5) is 13.2 Å². The van der Waals surface area contributed by atoms with Crippen LogP contribution in [0.15, 0.2) is 41.3 Å². The van der Waals surface area contributed by atoms with Crippen LogP contribution in [0.1, 0.15) is 60.7 Å². The molecule has 0 saturated carbocycles. The average molecular weight is 560 g/mol. The topological polar surface area (TPSA) is 92.5 Å². The third-order valence-corrected chi connectivity index (χ3v) is 9.13. The minimum absolute atomic E-state index is 0.0186. The van der Waals surface area contributed by atoms with Gasteiger partial charge in [0.2, 0.25) is 0 Å². The van der Waals surface area contributed by atoms with Crippen LogP contribution in [0.3, 0.4) is 0 Å². The van der Waals surface area contributed by atoms with Crippen molar-refractivity contribution in [2.24, 2.45) is 11.7 Å². The molecule has 0 aromatic heterocycles. The second kappa shape index (κ2) is 11.3. The lowest BCUT2D eigenvalue weighted by atomic mass is 9.84. The number of rotatable bonds is 8. The highest BCUT2D eigenvalue weighted by molar-refractivity contribution is 7.91. The lowest BCUT2D eigenvalue weighted by Crippen LogP contribution is -2.49. The van der Waals surface area contributed by atoms with Gasteiger partial charge in [0.05, 0.1) is 16.2 Å². The Labute approximate surface area is 221 Å². The van der Waals surface area contributed by atoms with Crippen molar-refractivity contribution in [2.45, 2.75) is 56.8 Å². The molecule has 1 fully saturated rings. The molecule has 1 amide bonds. The third kappa shape index (κ3) is 6.66. The third-order valence-electron chi connectivity index (χ3n) is 7.07. The number of likely N-dealkylation sites (tertiary alicyclic amines) is 1. The number of benzene rings is 2. The average Bonchev–Trinajstić information content (AvgIpc) is 2.86. The largest absolute Gasteiger partial charge is 0.416 e. The molecule has 0 spiro atoms. The monoisotopic (exact) mass is 559 g/mol. The van der Waals surface area contributed by atoms with Crippen LogP contribution in [0, 0.1) is 5.92 Å². The summed E-state index contributed by atoms with van der Waals surface area (Å²) in [6, 6.07) is 7.80. The van der Waals surface area contributed by atoms with E-state index in [1.165, 1.54) is 37.3 Å². The molecule has 1 heterocycles. The number of halogens is 4. The Hall–Kier alpha value is -2.14. The van der Waals surface area contributed by atoms with E-state index in [1.54, 1.807) is 13.8 Å². The highest BCUT2D eigenvalue weighted by Gasteiger charge is 2.41. The number of nitrogens with two attached hydrogens (primary N) is 1. The standard InChI is InChI=1S/C26H33ClF3N3O3S/c1-4-37(35,36)23-10-8-20(27)12-19(23)15-32-24(34)18-7-9-21(22(13-18)26(28,29)30)25(2,3)33-11-5-6-17(14-31)16-33/h7-10,12-13,17H,4-6,11,14-16,31H2,1-3H3,(H,32,34). The number of amides is 1. The maximum absolute atomic E-state index is 14.2. The Kier molecular flexibility index (Phi) is 8.99. The highest BCUT2D eigenvalue weighted by atomic mass is 35.5. The van der Waals surface area contributed by atoms with Gasteiger partial charge in [-0.05, 0) is 87.2 Å². The van der Waals surface area contributed by atoms with Gasteiger partial charge in [0.15, 0.2) is 9.84 Å². The van der Waals surface area contributed by atoms with Gasteiger partial charge in [0.25, 0.3) is 5.91 Å². The number of alkyl halides is 3. The first-order valence-corrected chi connectivity index (χ1v) is 14.2. The molecular formula is C26H33ClF3N3O3S. The molecule has 204 valence electrons. The van der Waals surface area contributed by atoms with Crippen LogP contribution in [-0.2, 0) is 28.1 Å². The second-order valence-corrected chi connectivity index (χ2v) is 12.5. The number of nitrogens with zero attached hydrogens (tertiary/aromatic N) is 1. The number of nitrogens with one attached hydrogen (secondary N) is 1. The summed E-state index contributed by atoms with van der Waals surface area (Å²) in [7, 11) is -3.59. The summed E-state index contributed by atoms with van der Waals surface area (Å²) in [5.41, 5.74) is 4.19. The molecule has 1 saturated heterocycles. The van der Waals surface area contributed by atoms with Gasteiger partial charge in [0.1, 0.15) is 0 Å². The smallest absolute Gasteiger partial charge is 0.348 e. The van der Waals surface area contributed by atoms with Crippen molar-refractivity contribution < 1.29 is 26.4 Å². The summed E-state index contributed by atoms with van der Waals surface area (Å²) in [5.74, 6) is -0.679. The van der Waals surface area contributed by atoms with Gasteiger partial charge in [0, 0.05) is 29.2 Å². The van der Waals surface area contributed by atoms with Gasteiger partial charge in [-0.1, -0.05) is 24.6 Å². The summed E-state index contributed by atoms with van der Waals surface area (Å²) < 4.78 is 67.4. The minimum Gasteiger partial charge on any atom is -0.348 e. The molecule has 0 bridgehead atoms. The van der Waals surface area contributed by atoms with Crippen molar-refractivity contribution in [3.63, 3.8) is 0 Å². The molecule has 1 unspecified atom stereocenters. The first kappa shape index (κ1) is 29.4. The normalized spacial score (nSPS) is 17.6. The molecule has 2 aromatic carbocycles. The Morgan fingerprint density at radius 1 is 1.16 bits per heavy atom. The van der Waals surface area contributed by atoms with Crippen molar-refractivity contribution in [3.8, 4) is 0 Å². The van der Waals surface area contributed by atoms with E-state index in [2.05, 4.69) is 5.32 Å². The maximum atomic E-state index is 14.2. The van der Waals surface area contributed by atoms with Crippen LogP contribution >= 0.6 is 11.6 Å². The van der Waals surface area contributed by atoms with E-state index >= 15 is 0 Å². The lowest BCUT2D eigenvalue weighted by molar-refractivity contribution is -0.139. The Balaban J connectivity index is 1.90. The van der Waals surface area contributed by atoms with Crippen molar-refractivity contribution in [1.29, 1.82) is 0 Å². The number of carbonyl (C=O) groups excluding carboxylic acids is 1. The number of sulfone groups is 1. The van der Waals surface area contributed by atoms with Gasteiger partial charge in [-0.15, -0.1) is 0 Å². The molecule has 2 aromatic rings. The molecule has 1 aliphatic heterocycles. The molecule has 1 atom stereocenters. The second-order valence-electron chi connectivity index (χ2n) is 9.85. The minimum atomic E-state index is -4.68. The van der Waals surface area contributed by atoms with E-state index in [-0.39, 0.29) is 44.8 Å². The zero-order valence-electron chi connectivity index (χ0n) is 21.2. The van der Waals surface area contributed by atoms with E-state index in [1.807, 2.05) is 4.90 Å². The summed E-state index contributed by atoms with van der Waals surface area (Å²) in [5, 5.41) is 2.82. The fraction of sp³-hybridized carbons (Fsp3) is 0.500. The van der Waals surface area contributed by atoms with Crippen LogP contribution in [0.5, 0.6) is 0 Å². The Morgan fingerprint density at radius 3 is 2.49 bits per heavy atom. The SMILES string of the molecule is CCS(=O)(=O)c1ccc(Cl)cc1CNC(=O)c1ccc(C(C)(C)N2CCCC(CN)C2)c(C(F)(F)F)c1. The molecule has 1 aliphatic rings. The fourth-order valence-electron chi connectivity index (χ4n) is 4.81. The fourth-order valence-corrected chi connectivity index (χ4v) is 6.12. The van der Waals surface area contributed by atoms with Crippen molar-refractivity contribution in [1.82, 2.24) is 10.2 Å². The number of piperidine rings is 1. The van der Waals surface area contributed by atoms with Crippen LogP contribution in [0.25, 0.3) is 0 Å². The van der Waals surface area contributed by atoms with E-state index < -0.39 is 33.0 Å². The molecule has 37 heavy (non-hydrogen) atoms. The first-order valence-electron chi connectivity index (χ1n) is 12.2. The molecule has 6 nitrogen and oxygen atoms in total. The van der Waals surface area contributed by atoms with E-state index in [4.69, 9.17) is 17.3 Å². The maximum Gasteiger partial charge on any atom is 0.416 e. The van der Waals surface area contributed by atoms with Crippen molar-refractivity contribution >= 4 is 27.3 Å². The van der Waals surface area contributed by atoms with E-state index in [0.29, 0.717) is 19.6 Å². The summed E-state index contributed by atoms with van der Waals surface area (Å²) in [6.07, 6.45) is -2.88. The quantitative estimate of drug-likeness (QED) is 0.475. The number of carbonyl (C=O) groups is 1. The molecule has 0 aliphatic carbocycles. The van der Waals surface area contributed by atoms with Gasteiger partial charge >= 0.3 is 6.18 Å². The van der Waals surface area contributed by atoms with Gasteiger partial charge in [-0.2, -0.15) is 13.2 Å². The van der Waals surface area contributed by atoms with Crippen LogP contribution in [0.2, 0.25) is 5.02 Å². The summed E-state index contributed by atoms with van der Waals surface area (Å²) >= 11 is 6.01. The molecular weight excluding hydrogens is 527 g/mol. The van der Waals surface area contributed by atoms with Crippen molar-refractivity contribution in [3.05, 3.63) is 63.7 Å². The molecule has 0 radical (unpaired) electrons. The predicted molar refractivity (Wildman–Crippen MR) is 138 cm³/mol. The Morgan fingerprint density at radius 2 is 1.86 bits per heavy atom. The number of hydrogen-bond donors (Lipinski definition) is 2. The highest BCUT2D eigenvalue weighted by Crippen LogP contribution is 2.41. The molecule has 3 rings (SSSR count). The zero-order chi connectivity index (χ0) is 27.6. The zero-order valence-corrected chi connectivity index (χ0v) is 22.7. The Bertz CT molecular complexity index is 1250. The van der Waals surface area contributed by atoms with E-state index in [0.717, 1.165) is 18.9 Å². The van der Waals surface area contributed by atoms with Crippen molar-refractivity contribution in [2.75, 3.05) is 25.4 Å². The van der Waals surface area contributed by atoms with Crippen LogP contribution < -0.4 is 11.1 Å². The first-order chi connectivity index (χ1) is 17.2. The van der Waals surface area contributed by atoms with Gasteiger partial charge in [-0.3, -0.25) is 9.69 Å². The van der Waals surface area contributed by atoms with Gasteiger partial charge < -0.3 is 11.1 Å². The predicted octanol–water partition coefficient (Wildman–Crippen LogP) is 4.99. The molecule has 11 heteroatoms.